The first-order valence-corrected chi connectivity index (χ1v) is 11.8. The van der Waals surface area contributed by atoms with Crippen LogP contribution in [-0.2, 0) is 10.0 Å². The molecule has 3 aromatic rings. The minimum atomic E-state index is -3.54. The number of fused-ring (bicyclic) bond motifs is 1. The van der Waals surface area contributed by atoms with Crippen LogP contribution in [0.1, 0.15) is 25.7 Å². The molecular weight excluding hydrogens is 422 g/mol. The third-order valence-electron chi connectivity index (χ3n) is 5.48. The molecule has 0 atom stereocenters. The van der Waals surface area contributed by atoms with Gasteiger partial charge in [-0.2, -0.15) is 0 Å². The Hall–Kier alpha value is -2.35. The fourth-order valence-corrected chi connectivity index (χ4v) is 5.34. The third kappa shape index (κ3) is 4.69. The predicted molar refractivity (Wildman–Crippen MR) is 120 cm³/mol. The molecule has 1 aliphatic carbocycles. The number of hydrogen-bond acceptors (Lipinski definition) is 5. The normalized spacial score (nSPS) is 19.5. The Morgan fingerprint density at radius 2 is 1.70 bits per heavy atom. The lowest BCUT2D eigenvalue weighted by molar-refractivity contribution is 0.387. The monoisotopic (exact) mass is 445 g/mol. The standard InChI is InChI=1S/C22H24ClN3O3S/c1-29-18-7-9-19(10-8-18)30(27,28)26-17-5-3-16(4-6-17)25-21-12-13-24-22-14-15(23)2-11-20(21)22/h2,7-14,16-17,26H,3-6H2,1H3,(H,24,25). The number of rotatable bonds is 6. The summed E-state index contributed by atoms with van der Waals surface area (Å²) >= 11 is 6.07. The van der Waals surface area contributed by atoms with E-state index in [1.54, 1.807) is 37.6 Å². The van der Waals surface area contributed by atoms with Crippen molar-refractivity contribution in [2.24, 2.45) is 0 Å². The van der Waals surface area contributed by atoms with Gasteiger partial charge in [0.2, 0.25) is 10.0 Å². The molecule has 0 radical (unpaired) electrons. The van der Waals surface area contributed by atoms with E-state index in [2.05, 4.69) is 15.0 Å². The number of halogens is 1. The summed E-state index contributed by atoms with van der Waals surface area (Å²) in [7, 11) is -1.99. The van der Waals surface area contributed by atoms with Gasteiger partial charge in [0.05, 0.1) is 17.5 Å². The van der Waals surface area contributed by atoms with Crippen LogP contribution in [-0.4, -0.2) is 32.6 Å². The van der Waals surface area contributed by atoms with Crippen LogP contribution in [0.2, 0.25) is 5.02 Å². The fourth-order valence-electron chi connectivity index (χ4n) is 3.86. The van der Waals surface area contributed by atoms with Gasteiger partial charge in [0.25, 0.3) is 0 Å². The van der Waals surface area contributed by atoms with E-state index < -0.39 is 10.0 Å². The van der Waals surface area contributed by atoms with E-state index in [0.717, 1.165) is 42.3 Å². The number of sulfonamides is 1. The van der Waals surface area contributed by atoms with Crippen LogP contribution < -0.4 is 14.8 Å². The largest absolute Gasteiger partial charge is 0.497 e. The average molecular weight is 446 g/mol. The van der Waals surface area contributed by atoms with E-state index in [0.29, 0.717) is 10.8 Å². The summed E-state index contributed by atoms with van der Waals surface area (Å²) < 4.78 is 33.3. The van der Waals surface area contributed by atoms with Crippen molar-refractivity contribution in [1.29, 1.82) is 0 Å². The summed E-state index contributed by atoms with van der Waals surface area (Å²) in [6.07, 6.45) is 5.10. The Balaban J connectivity index is 1.37. The highest BCUT2D eigenvalue weighted by Gasteiger charge is 2.26. The lowest BCUT2D eigenvalue weighted by Crippen LogP contribution is -2.40. The first-order valence-electron chi connectivity index (χ1n) is 9.92. The van der Waals surface area contributed by atoms with Gasteiger partial charge in [0.15, 0.2) is 0 Å². The van der Waals surface area contributed by atoms with E-state index in [9.17, 15) is 8.42 Å². The molecule has 1 fully saturated rings. The van der Waals surface area contributed by atoms with Crippen LogP contribution in [0.5, 0.6) is 5.75 Å². The summed E-state index contributed by atoms with van der Waals surface area (Å²) in [5, 5.41) is 5.29. The second kappa shape index (κ2) is 8.79. The van der Waals surface area contributed by atoms with Gasteiger partial charge in [-0.05, 0) is 74.2 Å². The molecule has 0 amide bonds. The summed E-state index contributed by atoms with van der Waals surface area (Å²) in [5.74, 6) is 0.631. The first kappa shape index (κ1) is 20.9. The molecule has 0 spiro atoms. The van der Waals surface area contributed by atoms with Gasteiger partial charge in [-0.3, -0.25) is 4.98 Å². The van der Waals surface area contributed by atoms with E-state index in [-0.39, 0.29) is 17.0 Å². The number of pyridine rings is 1. The lowest BCUT2D eigenvalue weighted by Gasteiger charge is -2.30. The maximum Gasteiger partial charge on any atom is 0.240 e. The maximum atomic E-state index is 12.7. The zero-order valence-corrected chi connectivity index (χ0v) is 18.2. The summed E-state index contributed by atoms with van der Waals surface area (Å²) in [4.78, 5) is 4.63. The van der Waals surface area contributed by atoms with Crippen LogP contribution >= 0.6 is 11.6 Å². The van der Waals surface area contributed by atoms with Crippen molar-refractivity contribution in [2.45, 2.75) is 42.7 Å². The highest BCUT2D eigenvalue weighted by Crippen LogP contribution is 2.28. The Kier molecular flexibility index (Phi) is 6.13. The SMILES string of the molecule is COc1ccc(S(=O)(=O)NC2CCC(Nc3ccnc4cc(Cl)ccc34)CC2)cc1. The molecule has 1 heterocycles. The first-order chi connectivity index (χ1) is 14.4. The van der Waals surface area contributed by atoms with E-state index in [1.807, 2.05) is 24.3 Å². The maximum absolute atomic E-state index is 12.7. The quantitative estimate of drug-likeness (QED) is 0.579. The number of nitrogens with one attached hydrogen (secondary N) is 2. The van der Waals surface area contributed by atoms with Crippen molar-refractivity contribution in [3.8, 4) is 5.75 Å². The van der Waals surface area contributed by atoms with Gasteiger partial charge in [0, 0.05) is 34.4 Å². The zero-order valence-electron chi connectivity index (χ0n) is 16.6. The van der Waals surface area contributed by atoms with Crippen molar-refractivity contribution in [3.05, 3.63) is 59.8 Å². The minimum absolute atomic E-state index is 0.0665. The summed E-state index contributed by atoms with van der Waals surface area (Å²) in [6, 6.07) is 14.3. The van der Waals surface area contributed by atoms with Gasteiger partial charge in [-0.15, -0.1) is 0 Å². The molecule has 0 aliphatic heterocycles. The lowest BCUT2D eigenvalue weighted by atomic mass is 9.91. The molecule has 0 saturated heterocycles. The highest BCUT2D eigenvalue weighted by atomic mass is 35.5. The van der Waals surface area contributed by atoms with E-state index >= 15 is 0 Å². The molecule has 6 nitrogen and oxygen atoms in total. The van der Waals surface area contributed by atoms with Gasteiger partial charge >= 0.3 is 0 Å². The Bertz CT molecular complexity index is 1130. The Morgan fingerprint density at radius 1 is 1.00 bits per heavy atom. The van der Waals surface area contributed by atoms with Gasteiger partial charge in [0.1, 0.15) is 5.75 Å². The Morgan fingerprint density at radius 3 is 2.40 bits per heavy atom. The second-order valence-corrected chi connectivity index (χ2v) is 9.66. The molecule has 30 heavy (non-hydrogen) atoms. The second-order valence-electron chi connectivity index (χ2n) is 7.51. The van der Waals surface area contributed by atoms with Crippen molar-refractivity contribution in [3.63, 3.8) is 0 Å². The van der Waals surface area contributed by atoms with Crippen LogP contribution in [0, 0.1) is 0 Å². The van der Waals surface area contributed by atoms with Crippen molar-refractivity contribution in [1.82, 2.24) is 9.71 Å². The predicted octanol–water partition coefficient (Wildman–Crippen LogP) is 4.60. The molecule has 0 bridgehead atoms. The number of ether oxygens (including phenoxy) is 1. The van der Waals surface area contributed by atoms with Gasteiger partial charge in [-0.25, -0.2) is 13.1 Å². The smallest absolute Gasteiger partial charge is 0.240 e. The average Bonchev–Trinajstić information content (AvgIpc) is 2.75. The fraction of sp³-hybridized carbons (Fsp3) is 0.318. The molecule has 1 saturated carbocycles. The van der Waals surface area contributed by atoms with Crippen LogP contribution in [0.25, 0.3) is 10.9 Å². The van der Waals surface area contributed by atoms with Gasteiger partial charge in [-0.1, -0.05) is 11.6 Å². The van der Waals surface area contributed by atoms with Crippen molar-refractivity contribution < 1.29 is 13.2 Å². The molecule has 8 heteroatoms. The number of benzene rings is 2. The number of aromatic nitrogens is 1. The number of nitrogens with zero attached hydrogens (tertiary/aromatic N) is 1. The van der Waals surface area contributed by atoms with E-state index in [4.69, 9.17) is 16.3 Å². The highest BCUT2D eigenvalue weighted by molar-refractivity contribution is 7.89. The number of methoxy groups -OCH3 is 1. The molecule has 0 unspecified atom stereocenters. The zero-order chi connectivity index (χ0) is 21.1. The van der Waals surface area contributed by atoms with Crippen molar-refractivity contribution >= 4 is 38.2 Å². The number of anilines is 1. The third-order valence-corrected chi connectivity index (χ3v) is 7.25. The summed E-state index contributed by atoms with van der Waals surface area (Å²) in [6.45, 7) is 0. The number of hydrogen-bond donors (Lipinski definition) is 2. The minimum Gasteiger partial charge on any atom is -0.497 e. The van der Waals surface area contributed by atoms with Crippen LogP contribution in [0.15, 0.2) is 59.6 Å². The molecule has 1 aromatic heterocycles. The molecular formula is C22H24ClN3O3S. The Labute approximate surface area is 181 Å². The van der Waals surface area contributed by atoms with Crippen LogP contribution in [0.4, 0.5) is 5.69 Å². The van der Waals surface area contributed by atoms with Crippen molar-refractivity contribution in [2.75, 3.05) is 12.4 Å². The molecule has 2 aromatic carbocycles. The molecule has 2 N–H and O–H groups in total. The molecule has 158 valence electrons. The van der Waals surface area contributed by atoms with Gasteiger partial charge < -0.3 is 10.1 Å². The molecule has 1 aliphatic rings. The van der Waals surface area contributed by atoms with E-state index in [1.165, 1.54) is 0 Å². The van der Waals surface area contributed by atoms with Crippen LogP contribution in [0.3, 0.4) is 0 Å². The molecule has 4 rings (SSSR count). The summed E-state index contributed by atoms with van der Waals surface area (Å²) in [5.41, 5.74) is 1.88. The topological polar surface area (TPSA) is 80.3 Å².